The number of para-hydroxylation sites is 2. The molecule has 4 rings (SSSR count). The maximum absolute atomic E-state index is 12.3. The van der Waals surface area contributed by atoms with Gasteiger partial charge in [-0.15, -0.1) is 0 Å². The highest BCUT2D eigenvalue weighted by molar-refractivity contribution is 5.93. The monoisotopic (exact) mass is 360 g/mol. The minimum atomic E-state index is -0.152. The molecule has 0 fully saturated rings. The SMILES string of the molecule is Cc1nc2c3ccccc3nn2c(C)c1CCC(=O)Nc1ccccc1O. The summed E-state index contributed by atoms with van der Waals surface area (Å²) >= 11 is 0. The summed E-state index contributed by atoms with van der Waals surface area (Å²) < 4.78 is 1.86. The number of anilines is 1. The second-order valence-corrected chi connectivity index (χ2v) is 6.58. The van der Waals surface area contributed by atoms with Crippen molar-refractivity contribution in [2.75, 3.05) is 5.32 Å². The highest BCUT2D eigenvalue weighted by Crippen LogP contribution is 2.24. The van der Waals surface area contributed by atoms with E-state index < -0.39 is 0 Å². The summed E-state index contributed by atoms with van der Waals surface area (Å²) in [4.78, 5) is 17.0. The normalized spacial score (nSPS) is 11.2. The van der Waals surface area contributed by atoms with Gasteiger partial charge in [-0.1, -0.05) is 24.3 Å². The van der Waals surface area contributed by atoms with E-state index in [4.69, 9.17) is 4.98 Å². The number of benzene rings is 2. The Morgan fingerprint density at radius 3 is 2.67 bits per heavy atom. The van der Waals surface area contributed by atoms with Gasteiger partial charge >= 0.3 is 0 Å². The Morgan fingerprint density at radius 1 is 1.11 bits per heavy atom. The first-order chi connectivity index (χ1) is 13.0. The number of aromatic hydroxyl groups is 1. The van der Waals surface area contributed by atoms with E-state index in [1.54, 1.807) is 24.3 Å². The molecule has 0 aliphatic carbocycles. The minimum absolute atomic E-state index is 0.0597. The van der Waals surface area contributed by atoms with Gasteiger partial charge in [0.05, 0.1) is 11.2 Å². The Labute approximate surface area is 156 Å². The predicted molar refractivity (Wildman–Crippen MR) is 105 cm³/mol. The molecule has 6 nitrogen and oxygen atoms in total. The van der Waals surface area contributed by atoms with Crippen LogP contribution in [-0.4, -0.2) is 25.6 Å². The second-order valence-electron chi connectivity index (χ2n) is 6.58. The van der Waals surface area contributed by atoms with Gasteiger partial charge < -0.3 is 10.4 Å². The molecular weight excluding hydrogens is 340 g/mol. The van der Waals surface area contributed by atoms with Crippen molar-refractivity contribution in [3.8, 4) is 5.75 Å². The molecule has 0 unspecified atom stereocenters. The molecule has 0 saturated heterocycles. The molecule has 0 atom stereocenters. The van der Waals surface area contributed by atoms with Crippen molar-refractivity contribution in [2.45, 2.75) is 26.7 Å². The van der Waals surface area contributed by atoms with Gasteiger partial charge in [0, 0.05) is 23.2 Å². The van der Waals surface area contributed by atoms with Gasteiger partial charge in [-0.2, -0.15) is 5.10 Å². The van der Waals surface area contributed by atoms with Crippen molar-refractivity contribution < 1.29 is 9.90 Å². The molecule has 0 spiro atoms. The van der Waals surface area contributed by atoms with E-state index in [0.717, 1.165) is 33.5 Å². The maximum atomic E-state index is 12.3. The number of aromatic nitrogens is 3. The van der Waals surface area contributed by atoms with Crippen LogP contribution in [0.2, 0.25) is 0 Å². The third-order valence-electron chi connectivity index (χ3n) is 4.80. The Balaban J connectivity index is 1.59. The summed E-state index contributed by atoms with van der Waals surface area (Å²) in [5.41, 5.74) is 5.07. The summed E-state index contributed by atoms with van der Waals surface area (Å²) in [5.74, 6) is -0.0921. The van der Waals surface area contributed by atoms with Crippen molar-refractivity contribution in [1.82, 2.24) is 14.6 Å². The number of rotatable bonds is 4. The molecule has 2 aromatic carbocycles. The topological polar surface area (TPSA) is 79.5 Å². The van der Waals surface area contributed by atoms with Gasteiger partial charge in [0.2, 0.25) is 5.91 Å². The number of nitrogens with one attached hydrogen (secondary N) is 1. The largest absolute Gasteiger partial charge is 0.506 e. The summed E-state index contributed by atoms with van der Waals surface area (Å²) in [6.07, 6.45) is 0.847. The first-order valence-corrected chi connectivity index (χ1v) is 8.86. The molecule has 0 bridgehead atoms. The minimum Gasteiger partial charge on any atom is -0.506 e. The lowest BCUT2D eigenvalue weighted by atomic mass is 10.1. The number of aryl methyl sites for hydroxylation is 2. The third-order valence-corrected chi connectivity index (χ3v) is 4.80. The molecule has 0 aliphatic rings. The molecule has 136 valence electrons. The van der Waals surface area contributed by atoms with Crippen molar-refractivity contribution >= 4 is 28.1 Å². The third kappa shape index (κ3) is 3.10. The molecule has 2 aromatic heterocycles. The quantitative estimate of drug-likeness (QED) is 0.543. The molecule has 4 aromatic rings. The van der Waals surface area contributed by atoms with E-state index in [9.17, 15) is 9.90 Å². The van der Waals surface area contributed by atoms with Crippen LogP contribution in [-0.2, 0) is 11.2 Å². The Bertz CT molecular complexity index is 1160. The molecule has 0 saturated carbocycles. The number of amides is 1. The van der Waals surface area contributed by atoms with Gasteiger partial charge in [0.25, 0.3) is 0 Å². The molecule has 6 heteroatoms. The molecular formula is C21H20N4O2. The standard InChI is InChI=1S/C21H20N4O2/c1-13-15(11-12-20(27)23-18-9-5-6-10-19(18)26)14(2)25-21(22-13)16-7-3-4-8-17(16)24-25/h3-10,26H,11-12H2,1-2H3,(H,23,27). The highest BCUT2D eigenvalue weighted by atomic mass is 16.3. The fourth-order valence-corrected chi connectivity index (χ4v) is 3.37. The molecule has 2 heterocycles. The zero-order valence-corrected chi connectivity index (χ0v) is 15.2. The summed E-state index contributed by atoms with van der Waals surface area (Å²) in [6, 6.07) is 14.6. The number of hydrogen-bond donors (Lipinski definition) is 2. The van der Waals surface area contributed by atoms with E-state index >= 15 is 0 Å². The lowest BCUT2D eigenvalue weighted by Gasteiger charge is -2.11. The summed E-state index contributed by atoms with van der Waals surface area (Å²) in [5, 5.41) is 18.2. The van der Waals surface area contributed by atoms with E-state index in [-0.39, 0.29) is 11.7 Å². The van der Waals surface area contributed by atoms with Crippen molar-refractivity contribution in [3.05, 3.63) is 65.5 Å². The van der Waals surface area contributed by atoms with E-state index in [2.05, 4.69) is 10.4 Å². The summed E-state index contributed by atoms with van der Waals surface area (Å²) in [6.45, 7) is 3.97. The molecule has 0 aliphatic heterocycles. The highest BCUT2D eigenvalue weighted by Gasteiger charge is 2.15. The number of nitrogens with zero attached hydrogens (tertiary/aromatic N) is 3. The lowest BCUT2D eigenvalue weighted by molar-refractivity contribution is -0.116. The average molecular weight is 360 g/mol. The molecule has 0 radical (unpaired) electrons. The van der Waals surface area contributed by atoms with Crippen LogP contribution in [0.1, 0.15) is 23.4 Å². The lowest BCUT2D eigenvalue weighted by Crippen LogP contribution is -2.14. The number of carbonyl (C=O) groups excluding carboxylic acids is 1. The summed E-state index contributed by atoms with van der Waals surface area (Å²) in [7, 11) is 0. The Hall–Kier alpha value is -3.41. The van der Waals surface area contributed by atoms with Crippen LogP contribution in [0.25, 0.3) is 16.6 Å². The van der Waals surface area contributed by atoms with Crippen LogP contribution in [0.4, 0.5) is 5.69 Å². The van der Waals surface area contributed by atoms with Crippen LogP contribution < -0.4 is 5.32 Å². The van der Waals surface area contributed by atoms with Gasteiger partial charge in [-0.05, 0) is 50.1 Å². The fraction of sp³-hybridized carbons (Fsp3) is 0.190. The molecule has 2 N–H and O–H groups in total. The van der Waals surface area contributed by atoms with Crippen LogP contribution in [0.15, 0.2) is 48.5 Å². The van der Waals surface area contributed by atoms with E-state index in [1.807, 2.05) is 42.6 Å². The van der Waals surface area contributed by atoms with Crippen LogP contribution >= 0.6 is 0 Å². The fourth-order valence-electron chi connectivity index (χ4n) is 3.37. The predicted octanol–water partition coefficient (Wildman–Crippen LogP) is 3.78. The van der Waals surface area contributed by atoms with Gasteiger partial charge in [0.15, 0.2) is 5.65 Å². The Morgan fingerprint density at radius 2 is 1.85 bits per heavy atom. The van der Waals surface area contributed by atoms with Crippen LogP contribution in [0.5, 0.6) is 5.75 Å². The maximum Gasteiger partial charge on any atom is 0.224 e. The zero-order valence-electron chi connectivity index (χ0n) is 15.2. The Kier molecular flexibility index (Phi) is 4.24. The van der Waals surface area contributed by atoms with Gasteiger partial charge in [-0.25, -0.2) is 9.50 Å². The van der Waals surface area contributed by atoms with Crippen molar-refractivity contribution in [3.63, 3.8) is 0 Å². The van der Waals surface area contributed by atoms with Crippen molar-refractivity contribution in [2.24, 2.45) is 0 Å². The number of phenolic OH excluding ortho intramolecular Hbond substituents is 1. The van der Waals surface area contributed by atoms with Crippen LogP contribution in [0.3, 0.4) is 0 Å². The number of fused-ring (bicyclic) bond motifs is 3. The van der Waals surface area contributed by atoms with E-state index in [0.29, 0.717) is 18.5 Å². The van der Waals surface area contributed by atoms with Gasteiger partial charge in [-0.3, -0.25) is 4.79 Å². The first-order valence-electron chi connectivity index (χ1n) is 8.86. The van der Waals surface area contributed by atoms with Gasteiger partial charge in [0.1, 0.15) is 5.75 Å². The smallest absolute Gasteiger partial charge is 0.224 e. The number of carbonyl (C=O) groups is 1. The second kappa shape index (κ2) is 6.72. The molecule has 1 amide bonds. The van der Waals surface area contributed by atoms with Crippen LogP contribution in [0, 0.1) is 13.8 Å². The zero-order chi connectivity index (χ0) is 19.0. The average Bonchev–Trinajstić information content (AvgIpc) is 3.02. The number of phenols is 1. The van der Waals surface area contributed by atoms with Crippen molar-refractivity contribution in [1.29, 1.82) is 0 Å². The first kappa shape index (κ1) is 17.0. The molecule has 27 heavy (non-hydrogen) atoms. The number of hydrogen-bond acceptors (Lipinski definition) is 4. The van der Waals surface area contributed by atoms with E-state index in [1.165, 1.54) is 0 Å².